The predicted octanol–water partition coefficient (Wildman–Crippen LogP) is 1.56. The third-order valence-corrected chi connectivity index (χ3v) is 2.98. The van der Waals surface area contributed by atoms with Crippen LogP contribution >= 0.6 is 0 Å². The Kier molecular flexibility index (Phi) is 2.58. The third-order valence-electron chi connectivity index (χ3n) is 2.98. The lowest BCUT2D eigenvalue weighted by Gasteiger charge is -2.18. The number of anilines is 1. The van der Waals surface area contributed by atoms with Gasteiger partial charge in [-0.3, -0.25) is 0 Å². The second-order valence-corrected chi connectivity index (χ2v) is 3.84. The molecule has 1 aromatic rings. The largest absolute Gasteiger partial charge is 0.371 e. The molecule has 0 N–H and O–H groups in total. The van der Waals surface area contributed by atoms with Crippen LogP contribution in [0, 0.1) is 5.92 Å². The van der Waals surface area contributed by atoms with Crippen molar-refractivity contribution >= 4 is 13.5 Å². The molecule has 1 unspecified atom stereocenters. The van der Waals surface area contributed by atoms with Crippen LogP contribution in [0.2, 0.25) is 6.32 Å². The molecular formula is C11H16BN. The summed E-state index contributed by atoms with van der Waals surface area (Å²) in [5.74, 6) is 0.917. The zero-order valence-corrected chi connectivity index (χ0v) is 8.24. The fourth-order valence-electron chi connectivity index (χ4n) is 2.04. The van der Waals surface area contributed by atoms with Gasteiger partial charge in [0.2, 0.25) is 0 Å². The van der Waals surface area contributed by atoms with Crippen LogP contribution < -0.4 is 4.90 Å². The topological polar surface area (TPSA) is 3.24 Å². The van der Waals surface area contributed by atoms with Crippen LogP contribution in [0.5, 0.6) is 0 Å². The lowest BCUT2D eigenvalue weighted by Crippen LogP contribution is -2.19. The molecule has 1 saturated heterocycles. The molecule has 68 valence electrons. The van der Waals surface area contributed by atoms with Gasteiger partial charge in [0.15, 0.2) is 0 Å². The van der Waals surface area contributed by atoms with Crippen LogP contribution in [-0.2, 0) is 0 Å². The Hall–Kier alpha value is -0.915. The van der Waals surface area contributed by atoms with E-state index in [0.29, 0.717) is 0 Å². The number of rotatable bonds is 2. The quantitative estimate of drug-likeness (QED) is 0.613. The molecule has 0 saturated carbocycles. The number of hydrogen-bond donors (Lipinski definition) is 0. The first-order valence-corrected chi connectivity index (χ1v) is 5.20. The Bertz CT molecular complexity index is 260. The van der Waals surface area contributed by atoms with Crippen molar-refractivity contribution in [3.63, 3.8) is 0 Å². The van der Waals surface area contributed by atoms with Crippen LogP contribution in [0.1, 0.15) is 6.42 Å². The van der Waals surface area contributed by atoms with Crippen molar-refractivity contribution < 1.29 is 0 Å². The maximum Gasteiger partial charge on any atom is 0.101 e. The Morgan fingerprint density at radius 3 is 2.69 bits per heavy atom. The normalized spacial score (nSPS) is 22.2. The maximum absolute atomic E-state index is 2.49. The second kappa shape index (κ2) is 3.86. The Morgan fingerprint density at radius 1 is 1.31 bits per heavy atom. The van der Waals surface area contributed by atoms with Crippen LogP contribution in [-0.4, -0.2) is 20.9 Å². The molecule has 0 spiro atoms. The van der Waals surface area contributed by atoms with Crippen molar-refractivity contribution in [2.24, 2.45) is 5.92 Å². The lowest BCUT2D eigenvalue weighted by molar-refractivity contribution is 0.658. The van der Waals surface area contributed by atoms with Gasteiger partial charge in [-0.15, -0.1) is 0 Å². The molecule has 1 aromatic carbocycles. The Labute approximate surface area is 81.2 Å². The molecule has 0 bridgehead atoms. The first kappa shape index (κ1) is 8.67. The summed E-state index contributed by atoms with van der Waals surface area (Å²) in [6, 6.07) is 10.7. The van der Waals surface area contributed by atoms with Gasteiger partial charge in [-0.25, -0.2) is 0 Å². The first-order valence-electron chi connectivity index (χ1n) is 5.20. The molecule has 0 amide bonds. The molecule has 1 aliphatic rings. The highest BCUT2D eigenvalue weighted by Gasteiger charge is 2.20. The van der Waals surface area contributed by atoms with Gasteiger partial charge in [-0.1, -0.05) is 24.5 Å². The molecule has 2 heteroatoms. The molecule has 1 aliphatic heterocycles. The van der Waals surface area contributed by atoms with Gasteiger partial charge in [0.05, 0.1) is 0 Å². The van der Waals surface area contributed by atoms with E-state index >= 15 is 0 Å². The third kappa shape index (κ3) is 1.88. The van der Waals surface area contributed by atoms with Crippen LogP contribution in [0.25, 0.3) is 0 Å². The second-order valence-electron chi connectivity index (χ2n) is 3.84. The van der Waals surface area contributed by atoms with E-state index in [1.165, 1.54) is 31.5 Å². The lowest BCUT2D eigenvalue weighted by atomic mass is 9.91. The minimum Gasteiger partial charge on any atom is -0.371 e. The van der Waals surface area contributed by atoms with Crippen molar-refractivity contribution in [1.82, 2.24) is 0 Å². The number of hydrogen-bond acceptors (Lipinski definition) is 1. The molecule has 0 aromatic heterocycles. The summed E-state index contributed by atoms with van der Waals surface area (Å²) in [6.45, 7) is 2.49. The van der Waals surface area contributed by atoms with Crippen LogP contribution in [0.15, 0.2) is 30.3 Å². The summed E-state index contributed by atoms with van der Waals surface area (Å²) < 4.78 is 0. The maximum atomic E-state index is 2.49. The molecule has 0 aliphatic carbocycles. The van der Waals surface area contributed by atoms with Crippen molar-refractivity contribution in [3.05, 3.63) is 30.3 Å². The van der Waals surface area contributed by atoms with E-state index in [9.17, 15) is 0 Å². The average molecular weight is 173 g/mol. The van der Waals surface area contributed by atoms with E-state index in [-0.39, 0.29) is 0 Å². The van der Waals surface area contributed by atoms with E-state index < -0.39 is 0 Å². The zero-order valence-electron chi connectivity index (χ0n) is 8.24. The van der Waals surface area contributed by atoms with Crippen molar-refractivity contribution in [2.75, 3.05) is 18.0 Å². The van der Waals surface area contributed by atoms with Gasteiger partial charge in [0.1, 0.15) is 7.85 Å². The van der Waals surface area contributed by atoms with Crippen molar-refractivity contribution in [2.45, 2.75) is 12.7 Å². The molecule has 1 heterocycles. The van der Waals surface area contributed by atoms with Gasteiger partial charge >= 0.3 is 0 Å². The van der Waals surface area contributed by atoms with E-state index in [2.05, 4.69) is 43.1 Å². The number of nitrogens with zero attached hydrogens (tertiary/aromatic N) is 1. The van der Waals surface area contributed by atoms with Crippen molar-refractivity contribution in [3.8, 4) is 0 Å². The predicted molar refractivity (Wildman–Crippen MR) is 60.1 cm³/mol. The Morgan fingerprint density at radius 2 is 2.08 bits per heavy atom. The summed E-state index contributed by atoms with van der Waals surface area (Å²) in [4.78, 5) is 2.49. The fourth-order valence-corrected chi connectivity index (χ4v) is 2.04. The fraction of sp³-hybridized carbons (Fsp3) is 0.455. The van der Waals surface area contributed by atoms with Gasteiger partial charge in [0, 0.05) is 18.8 Å². The summed E-state index contributed by atoms with van der Waals surface area (Å²) >= 11 is 0. The highest BCUT2D eigenvalue weighted by molar-refractivity contribution is 6.08. The van der Waals surface area contributed by atoms with E-state index in [4.69, 9.17) is 0 Å². The number of benzene rings is 1. The number of para-hydroxylation sites is 1. The average Bonchev–Trinajstić information content (AvgIpc) is 2.67. The van der Waals surface area contributed by atoms with Gasteiger partial charge in [-0.05, 0) is 24.5 Å². The molecular weight excluding hydrogens is 157 g/mol. The molecule has 13 heavy (non-hydrogen) atoms. The minimum absolute atomic E-state index is 0.917. The molecule has 1 fully saturated rings. The van der Waals surface area contributed by atoms with Crippen LogP contribution in [0.3, 0.4) is 0 Å². The molecule has 1 nitrogen and oxygen atoms in total. The SMILES string of the molecule is BCC1CCN(c2ccccc2)C1. The van der Waals surface area contributed by atoms with E-state index in [0.717, 1.165) is 5.92 Å². The van der Waals surface area contributed by atoms with Crippen molar-refractivity contribution in [1.29, 1.82) is 0 Å². The molecule has 2 rings (SSSR count). The standard InChI is InChI=1S/C11H16BN/c12-8-10-6-7-13(9-10)11-4-2-1-3-5-11/h1-5,10H,6-9,12H2. The monoisotopic (exact) mass is 173 g/mol. The summed E-state index contributed by atoms with van der Waals surface area (Å²) in [5.41, 5.74) is 1.39. The highest BCUT2D eigenvalue weighted by atomic mass is 15.1. The van der Waals surface area contributed by atoms with Gasteiger partial charge < -0.3 is 4.90 Å². The summed E-state index contributed by atoms with van der Waals surface area (Å²) in [6.07, 6.45) is 2.69. The van der Waals surface area contributed by atoms with E-state index in [1.807, 2.05) is 0 Å². The first-order chi connectivity index (χ1) is 6.40. The summed E-state index contributed by atoms with van der Waals surface area (Å²) in [5, 5.41) is 0. The smallest absolute Gasteiger partial charge is 0.101 e. The van der Waals surface area contributed by atoms with Gasteiger partial charge in [0.25, 0.3) is 0 Å². The highest BCUT2D eigenvalue weighted by Crippen LogP contribution is 2.24. The molecule has 1 atom stereocenters. The minimum atomic E-state index is 0.917. The zero-order chi connectivity index (χ0) is 9.10. The molecule has 0 radical (unpaired) electrons. The summed E-state index contributed by atoms with van der Waals surface area (Å²) in [7, 11) is 2.29. The van der Waals surface area contributed by atoms with Gasteiger partial charge in [-0.2, -0.15) is 0 Å². The Balaban J connectivity index is 2.04. The van der Waals surface area contributed by atoms with Crippen LogP contribution in [0.4, 0.5) is 5.69 Å². The van der Waals surface area contributed by atoms with E-state index in [1.54, 1.807) is 0 Å².